The number of hydrogen-bond acceptors (Lipinski definition) is 5. The first-order chi connectivity index (χ1) is 13.5. The zero-order valence-electron chi connectivity index (χ0n) is 14.8. The van der Waals surface area contributed by atoms with Crippen LogP contribution in [0.4, 0.5) is 10.5 Å². The number of carbonyl (C=O) groups excluding carboxylic acids is 1. The number of nitrogens with one attached hydrogen (secondary N) is 2. The van der Waals surface area contributed by atoms with Crippen LogP contribution in [0.2, 0.25) is 0 Å². The summed E-state index contributed by atoms with van der Waals surface area (Å²) in [5.74, 6) is 0. The fraction of sp³-hybridized carbons (Fsp3) is 0.100. The van der Waals surface area contributed by atoms with Crippen LogP contribution in [-0.2, 0) is 11.3 Å². The Kier molecular flexibility index (Phi) is 5.81. The Bertz CT molecular complexity index is 1090. The summed E-state index contributed by atoms with van der Waals surface area (Å²) in [6.45, 7) is 0.416. The molecule has 0 saturated carbocycles. The highest BCUT2D eigenvalue weighted by molar-refractivity contribution is 5.82. The molecule has 0 aliphatic carbocycles. The second kappa shape index (κ2) is 8.63. The number of hydrogen-bond donors (Lipinski definition) is 2. The zero-order valence-corrected chi connectivity index (χ0v) is 14.8. The molecule has 8 nitrogen and oxygen atoms in total. The molecule has 1 amide bonds. The average Bonchev–Trinajstić information content (AvgIpc) is 2.70. The molecule has 0 aliphatic rings. The van der Waals surface area contributed by atoms with E-state index in [1.54, 1.807) is 30.4 Å². The maximum Gasteiger partial charge on any atom is 0.407 e. The van der Waals surface area contributed by atoms with E-state index in [-0.39, 0.29) is 18.5 Å². The number of carbonyl (C=O) groups is 1. The summed E-state index contributed by atoms with van der Waals surface area (Å²) in [6, 6.07) is 14.3. The van der Waals surface area contributed by atoms with E-state index in [9.17, 15) is 19.7 Å². The molecule has 8 heteroatoms. The number of rotatable bonds is 6. The predicted molar refractivity (Wildman–Crippen MR) is 105 cm³/mol. The predicted octanol–water partition coefficient (Wildman–Crippen LogP) is 3.38. The largest absolute Gasteiger partial charge is 0.445 e. The highest BCUT2D eigenvalue weighted by atomic mass is 16.6. The van der Waals surface area contributed by atoms with Gasteiger partial charge in [-0.15, -0.1) is 0 Å². The highest BCUT2D eigenvalue weighted by Gasteiger charge is 2.14. The fourth-order valence-corrected chi connectivity index (χ4v) is 2.58. The second-order valence-corrected chi connectivity index (χ2v) is 5.91. The van der Waals surface area contributed by atoms with E-state index in [0.29, 0.717) is 11.1 Å². The normalized spacial score (nSPS) is 10.9. The van der Waals surface area contributed by atoms with Gasteiger partial charge in [-0.1, -0.05) is 48.6 Å². The lowest BCUT2D eigenvalue weighted by Gasteiger charge is -2.05. The molecule has 3 aromatic rings. The maximum atomic E-state index is 12.2. The monoisotopic (exact) mass is 379 g/mol. The van der Waals surface area contributed by atoms with Crippen molar-refractivity contribution >= 4 is 28.8 Å². The van der Waals surface area contributed by atoms with Crippen molar-refractivity contribution in [3.8, 4) is 0 Å². The SMILES string of the molecule is O=C(NCC=Cc1ccc2[nH]cc([N+](=O)[O-])c(=O)c2c1)OCc1ccccc1. The van der Waals surface area contributed by atoms with E-state index in [0.717, 1.165) is 11.8 Å². The standard InChI is InChI=1S/C20H17N3O5/c24-19-16-11-14(8-9-17(16)22-12-18(19)23(26)27)7-4-10-21-20(25)28-13-15-5-2-1-3-6-15/h1-9,11-12H,10,13H2,(H,21,25)(H,22,24). The average molecular weight is 379 g/mol. The topological polar surface area (TPSA) is 114 Å². The third-order valence-corrected chi connectivity index (χ3v) is 3.97. The van der Waals surface area contributed by atoms with Crippen LogP contribution in [0, 0.1) is 10.1 Å². The van der Waals surface area contributed by atoms with Crippen LogP contribution in [0.25, 0.3) is 17.0 Å². The molecule has 28 heavy (non-hydrogen) atoms. The van der Waals surface area contributed by atoms with Crippen LogP contribution >= 0.6 is 0 Å². The Morgan fingerprint density at radius 1 is 1.21 bits per heavy atom. The molecule has 1 aromatic heterocycles. The van der Waals surface area contributed by atoms with Crippen LogP contribution in [0.5, 0.6) is 0 Å². The number of alkyl carbamates (subject to hydrolysis) is 1. The van der Waals surface area contributed by atoms with E-state index in [1.807, 2.05) is 30.3 Å². The van der Waals surface area contributed by atoms with E-state index >= 15 is 0 Å². The number of aromatic nitrogens is 1. The minimum Gasteiger partial charge on any atom is -0.445 e. The number of nitro groups is 1. The van der Waals surface area contributed by atoms with Gasteiger partial charge in [0.05, 0.1) is 16.5 Å². The Labute approximate surface area is 159 Å². The van der Waals surface area contributed by atoms with Gasteiger partial charge < -0.3 is 15.0 Å². The Morgan fingerprint density at radius 2 is 2.00 bits per heavy atom. The van der Waals surface area contributed by atoms with Crippen molar-refractivity contribution in [1.29, 1.82) is 0 Å². The summed E-state index contributed by atoms with van der Waals surface area (Å²) >= 11 is 0. The molecule has 0 atom stereocenters. The lowest BCUT2D eigenvalue weighted by atomic mass is 10.1. The first kappa shape index (κ1) is 18.8. The molecule has 0 bridgehead atoms. The third kappa shape index (κ3) is 4.61. The number of pyridine rings is 1. The van der Waals surface area contributed by atoms with Crippen molar-refractivity contribution in [3.63, 3.8) is 0 Å². The summed E-state index contributed by atoms with van der Waals surface area (Å²) in [5, 5.41) is 13.7. The van der Waals surface area contributed by atoms with Gasteiger partial charge in [-0.05, 0) is 23.3 Å². The van der Waals surface area contributed by atoms with E-state index in [2.05, 4.69) is 10.3 Å². The summed E-state index contributed by atoms with van der Waals surface area (Å²) < 4.78 is 5.10. The van der Waals surface area contributed by atoms with Crippen molar-refractivity contribution < 1.29 is 14.5 Å². The van der Waals surface area contributed by atoms with Gasteiger partial charge in [0.15, 0.2) is 0 Å². The molecule has 0 spiro atoms. The molecular formula is C20H17N3O5. The number of amides is 1. The van der Waals surface area contributed by atoms with Crippen molar-refractivity contribution in [1.82, 2.24) is 10.3 Å². The Hall–Kier alpha value is -3.94. The molecule has 0 aliphatic heterocycles. The molecule has 0 saturated heterocycles. The van der Waals surface area contributed by atoms with Gasteiger partial charge in [-0.2, -0.15) is 0 Å². The molecule has 3 rings (SSSR count). The van der Waals surface area contributed by atoms with Gasteiger partial charge in [0.2, 0.25) is 0 Å². The summed E-state index contributed by atoms with van der Waals surface area (Å²) in [4.78, 5) is 36.8. The summed E-state index contributed by atoms with van der Waals surface area (Å²) in [7, 11) is 0. The van der Waals surface area contributed by atoms with Crippen LogP contribution in [0.3, 0.4) is 0 Å². The maximum absolute atomic E-state index is 12.2. The van der Waals surface area contributed by atoms with Gasteiger partial charge in [0, 0.05) is 12.1 Å². The molecule has 142 valence electrons. The summed E-state index contributed by atoms with van der Waals surface area (Å²) in [5.41, 5.74) is 0.935. The number of aromatic amines is 1. The number of ether oxygens (including phenoxy) is 1. The van der Waals surface area contributed by atoms with E-state index < -0.39 is 22.1 Å². The van der Waals surface area contributed by atoms with Gasteiger partial charge in [0.25, 0.3) is 5.43 Å². The third-order valence-electron chi connectivity index (χ3n) is 3.97. The first-order valence-corrected chi connectivity index (χ1v) is 8.45. The Balaban J connectivity index is 1.58. The lowest BCUT2D eigenvalue weighted by molar-refractivity contribution is -0.386. The first-order valence-electron chi connectivity index (χ1n) is 8.45. The molecule has 1 heterocycles. The Morgan fingerprint density at radius 3 is 2.75 bits per heavy atom. The number of H-pyrrole nitrogens is 1. The molecule has 0 unspecified atom stereocenters. The smallest absolute Gasteiger partial charge is 0.407 e. The van der Waals surface area contributed by atoms with E-state index in [1.165, 1.54) is 0 Å². The molecule has 2 N–H and O–H groups in total. The van der Waals surface area contributed by atoms with Crippen LogP contribution < -0.4 is 10.7 Å². The number of benzene rings is 2. The van der Waals surface area contributed by atoms with Gasteiger partial charge >= 0.3 is 11.8 Å². The number of fused-ring (bicyclic) bond motifs is 1. The highest BCUT2D eigenvalue weighted by Crippen LogP contribution is 2.15. The van der Waals surface area contributed by atoms with Crippen LogP contribution in [0.1, 0.15) is 11.1 Å². The lowest BCUT2D eigenvalue weighted by Crippen LogP contribution is -2.24. The van der Waals surface area contributed by atoms with Crippen molar-refractivity contribution in [2.75, 3.05) is 6.54 Å². The van der Waals surface area contributed by atoms with Crippen molar-refractivity contribution in [3.05, 3.63) is 92.3 Å². The van der Waals surface area contributed by atoms with E-state index in [4.69, 9.17) is 4.74 Å². The fourth-order valence-electron chi connectivity index (χ4n) is 2.58. The summed E-state index contributed by atoms with van der Waals surface area (Å²) in [6.07, 6.45) is 3.94. The second-order valence-electron chi connectivity index (χ2n) is 5.91. The van der Waals surface area contributed by atoms with Crippen LogP contribution in [0.15, 0.2) is 65.6 Å². The number of nitrogens with zero attached hydrogens (tertiary/aromatic N) is 1. The van der Waals surface area contributed by atoms with Gasteiger partial charge in [0.1, 0.15) is 6.61 Å². The quantitative estimate of drug-likeness (QED) is 0.503. The van der Waals surface area contributed by atoms with Crippen molar-refractivity contribution in [2.24, 2.45) is 0 Å². The van der Waals surface area contributed by atoms with Crippen molar-refractivity contribution in [2.45, 2.75) is 6.61 Å². The molecule has 0 fully saturated rings. The molecule has 2 aromatic carbocycles. The van der Waals surface area contributed by atoms with Crippen LogP contribution in [-0.4, -0.2) is 22.5 Å². The minimum absolute atomic E-state index is 0.183. The van der Waals surface area contributed by atoms with Gasteiger partial charge in [-0.3, -0.25) is 14.9 Å². The zero-order chi connectivity index (χ0) is 19.9. The minimum atomic E-state index is -0.717. The molecular weight excluding hydrogens is 362 g/mol. The van der Waals surface area contributed by atoms with Gasteiger partial charge in [-0.25, -0.2) is 4.79 Å². The molecule has 0 radical (unpaired) electrons.